The Morgan fingerprint density at radius 3 is 2.46 bits per heavy atom. The van der Waals surface area contributed by atoms with E-state index < -0.39 is 0 Å². The number of aryl methyl sites for hydroxylation is 1. The van der Waals surface area contributed by atoms with E-state index in [1.807, 2.05) is 0 Å². The van der Waals surface area contributed by atoms with Gasteiger partial charge in [-0.25, -0.2) is 8.78 Å². The Kier molecular flexibility index (Phi) is 4.99. The lowest BCUT2D eigenvalue weighted by Gasteiger charge is -2.16. The summed E-state index contributed by atoms with van der Waals surface area (Å²) in [7, 11) is 0. The van der Waals surface area contributed by atoms with Crippen molar-refractivity contribution in [1.29, 1.82) is 0 Å². The zero-order chi connectivity index (χ0) is 17.2. The van der Waals surface area contributed by atoms with E-state index in [9.17, 15) is 13.6 Å². The number of amides is 1. The fourth-order valence-corrected chi connectivity index (χ4v) is 3.18. The van der Waals surface area contributed by atoms with E-state index in [4.69, 9.17) is 0 Å². The Bertz CT molecular complexity index is 742. The summed E-state index contributed by atoms with van der Waals surface area (Å²) < 4.78 is 27.5. The van der Waals surface area contributed by atoms with Crippen LogP contribution in [0.2, 0.25) is 0 Å². The molecule has 5 heteroatoms. The molecule has 0 radical (unpaired) electrons. The highest BCUT2D eigenvalue weighted by molar-refractivity contribution is 9.10. The third-order valence-electron chi connectivity index (χ3n) is 4.57. The number of carbonyl (C=O) groups excluding carboxylic acids is 1. The molecule has 1 aliphatic rings. The molecule has 0 saturated heterocycles. The lowest BCUT2D eigenvalue weighted by Crippen LogP contribution is -2.32. The van der Waals surface area contributed by atoms with Crippen molar-refractivity contribution in [1.82, 2.24) is 5.32 Å². The Morgan fingerprint density at radius 1 is 1.12 bits per heavy atom. The van der Waals surface area contributed by atoms with E-state index in [-0.39, 0.29) is 29.4 Å². The van der Waals surface area contributed by atoms with E-state index in [0.717, 1.165) is 18.4 Å². The van der Waals surface area contributed by atoms with Gasteiger partial charge < -0.3 is 5.32 Å². The van der Waals surface area contributed by atoms with Gasteiger partial charge in [0.05, 0.1) is 0 Å². The molecule has 1 fully saturated rings. The van der Waals surface area contributed by atoms with Gasteiger partial charge >= 0.3 is 0 Å². The zero-order valence-corrected chi connectivity index (χ0v) is 14.7. The molecule has 2 aromatic carbocycles. The van der Waals surface area contributed by atoms with Crippen molar-refractivity contribution in [2.75, 3.05) is 6.54 Å². The van der Waals surface area contributed by atoms with Gasteiger partial charge in [0.15, 0.2) is 0 Å². The van der Waals surface area contributed by atoms with Crippen LogP contribution in [0.4, 0.5) is 8.78 Å². The highest BCUT2D eigenvalue weighted by atomic mass is 79.9. The van der Waals surface area contributed by atoms with Gasteiger partial charge in [-0.2, -0.15) is 0 Å². The van der Waals surface area contributed by atoms with E-state index >= 15 is 0 Å². The molecule has 3 rings (SSSR count). The van der Waals surface area contributed by atoms with Gasteiger partial charge in [-0.05, 0) is 54.7 Å². The molecule has 24 heavy (non-hydrogen) atoms. The smallest absolute Gasteiger partial charge is 0.220 e. The molecule has 2 nitrogen and oxygen atoms in total. The Morgan fingerprint density at radius 2 is 1.83 bits per heavy atom. The van der Waals surface area contributed by atoms with E-state index in [1.54, 1.807) is 24.3 Å². The molecule has 0 unspecified atom stereocenters. The molecule has 0 spiro atoms. The first kappa shape index (κ1) is 17.1. The predicted octanol–water partition coefficient (Wildman–Crippen LogP) is 4.51. The minimum absolute atomic E-state index is 0.0633. The van der Waals surface area contributed by atoms with Crippen LogP contribution in [-0.2, 0) is 16.6 Å². The highest BCUT2D eigenvalue weighted by Crippen LogP contribution is 2.47. The molecular weight excluding hydrogens is 376 g/mol. The van der Waals surface area contributed by atoms with E-state index in [0.29, 0.717) is 23.0 Å². The fourth-order valence-electron chi connectivity index (χ4n) is 2.85. The quantitative estimate of drug-likeness (QED) is 0.768. The number of hydrogen-bond acceptors (Lipinski definition) is 1. The third kappa shape index (κ3) is 4.01. The minimum Gasteiger partial charge on any atom is -0.355 e. The molecular formula is C19H18BrF2NO. The summed E-state index contributed by atoms with van der Waals surface area (Å²) in [5.74, 6) is -0.650. The first-order valence-electron chi connectivity index (χ1n) is 7.95. The summed E-state index contributed by atoms with van der Waals surface area (Å²) in [6.45, 7) is 0.542. The summed E-state index contributed by atoms with van der Waals surface area (Å²) in [6, 6.07) is 11.3. The molecule has 1 amide bonds. The van der Waals surface area contributed by atoms with Crippen LogP contribution in [0.5, 0.6) is 0 Å². The number of hydrogen-bond donors (Lipinski definition) is 1. The second kappa shape index (κ2) is 7.01. The van der Waals surface area contributed by atoms with Crippen LogP contribution < -0.4 is 5.32 Å². The van der Waals surface area contributed by atoms with Crippen molar-refractivity contribution < 1.29 is 13.6 Å². The van der Waals surface area contributed by atoms with Crippen molar-refractivity contribution in [2.45, 2.75) is 31.1 Å². The molecule has 0 aliphatic heterocycles. The van der Waals surface area contributed by atoms with Crippen LogP contribution >= 0.6 is 15.9 Å². The first-order valence-corrected chi connectivity index (χ1v) is 8.74. The highest BCUT2D eigenvalue weighted by Gasteiger charge is 2.44. The van der Waals surface area contributed by atoms with Crippen molar-refractivity contribution in [3.05, 3.63) is 69.7 Å². The van der Waals surface area contributed by atoms with Crippen molar-refractivity contribution in [3.63, 3.8) is 0 Å². The molecule has 1 aliphatic carbocycles. The standard InChI is InChI=1S/C19H18BrF2NO/c20-15-5-1-13(17(22)11-15)2-8-18(24)23-12-19(9-10-19)14-3-6-16(21)7-4-14/h1,3-7,11H,2,8-10,12H2,(H,23,24). The normalized spacial score (nSPS) is 15.1. The monoisotopic (exact) mass is 393 g/mol. The average molecular weight is 394 g/mol. The van der Waals surface area contributed by atoms with Crippen LogP contribution in [0.25, 0.3) is 0 Å². The molecule has 2 aromatic rings. The van der Waals surface area contributed by atoms with Crippen molar-refractivity contribution in [2.24, 2.45) is 0 Å². The number of nitrogens with one attached hydrogen (secondary N) is 1. The largest absolute Gasteiger partial charge is 0.355 e. The van der Waals surface area contributed by atoms with E-state index in [2.05, 4.69) is 21.2 Å². The van der Waals surface area contributed by atoms with Gasteiger partial charge in [-0.1, -0.05) is 34.1 Å². The lowest BCUT2D eigenvalue weighted by atomic mass is 9.96. The van der Waals surface area contributed by atoms with Gasteiger partial charge in [-0.3, -0.25) is 4.79 Å². The van der Waals surface area contributed by atoms with Crippen LogP contribution in [-0.4, -0.2) is 12.5 Å². The summed E-state index contributed by atoms with van der Waals surface area (Å²) >= 11 is 3.21. The Balaban J connectivity index is 1.51. The van der Waals surface area contributed by atoms with Gasteiger partial charge in [0.1, 0.15) is 11.6 Å². The number of halogens is 3. The summed E-state index contributed by atoms with van der Waals surface area (Å²) in [5.41, 5.74) is 1.53. The lowest BCUT2D eigenvalue weighted by molar-refractivity contribution is -0.121. The minimum atomic E-state index is -0.304. The first-order chi connectivity index (χ1) is 11.5. The van der Waals surface area contributed by atoms with Gasteiger partial charge in [0.25, 0.3) is 0 Å². The van der Waals surface area contributed by atoms with Gasteiger partial charge in [-0.15, -0.1) is 0 Å². The molecule has 0 heterocycles. The zero-order valence-electron chi connectivity index (χ0n) is 13.1. The molecule has 0 aromatic heterocycles. The van der Waals surface area contributed by atoms with Crippen LogP contribution in [0, 0.1) is 11.6 Å². The maximum Gasteiger partial charge on any atom is 0.220 e. The van der Waals surface area contributed by atoms with E-state index in [1.165, 1.54) is 18.2 Å². The van der Waals surface area contributed by atoms with Crippen molar-refractivity contribution >= 4 is 21.8 Å². The predicted molar refractivity (Wildman–Crippen MR) is 92.7 cm³/mol. The second-order valence-electron chi connectivity index (χ2n) is 6.30. The van der Waals surface area contributed by atoms with Gasteiger partial charge in [0.2, 0.25) is 5.91 Å². The maximum absolute atomic E-state index is 13.7. The van der Waals surface area contributed by atoms with Crippen LogP contribution in [0.15, 0.2) is 46.9 Å². The Labute approximate surface area is 148 Å². The second-order valence-corrected chi connectivity index (χ2v) is 7.22. The Hall–Kier alpha value is -1.75. The topological polar surface area (TPSA) is 29.1 Å². The molecule has 1 N–H and O–H groups in total. The summed E-state index contributed by atoms with van der Waals surface area (Å²) in [4.78, 5) is 12.1. The third-order valence-corrected chi connectivity index (χ3v) is 5.06. The van der Waals surface area contributed by atoms with Gasteiger partial charge in [0, 0.05) is 22.9 Å². The fraction of sp³-hybridized carbons (Fsp3) is 0.316. The molecule has 0 bridgehead atoms. The van der Waals surface area contributed by atoms with Crippen LogP contribution in [0.1, 0.15) is 30.4 Å². The molecule has 1 saturated carbocycles. The summed E-state index contributed by atoms with van der Waals surface area (Å²) in [5, 5.41) is 2.94. The molecule has 0 atom stereocenters. The van der Waals surface area contributed by atoms with Crippen LogP contribution in [0.3, 0.4) is 0 Å². The SMILES string of the molecule is O=C(CCc1ccc(Br)cc1F)NCC1(c2ccc(F)cc2)CC1. The maximum atomic E-state index is 13.7. The average Bonchev–Trinajstić information content (AvgIpc) is 3.34. The molecule has 126 valence electrons. The van der Waals surface area contributed by atoms with Crippen molar-refractivity contribution in [3.8, 4) is 0 Å². The number of benzene rings is 2. The summed E-state index contributed by atoms with van der Waals surface area (Å²) in [6.07, 6.45) is 2.59. The number of carbonyl (C=O) groups is 1. The number of rotatable bonds is 6.